The Hall–Kier alpha value is -3.37. The molecule has 0 aliphatic carbocycles. The van der Waals surface area contributed by atoms with Crippen molar-refractivity contribution < 1.29 is 18.0 Å². The highest BCUT2D eigenvalue weighted by Crippen LogP contribution is 2.33. The van der Waals surface area contributed by atoms with Gasteiger partial charge in [-0.3, -0.25) is 0 Å². The third-order valence-corrected chi connectivity index (χ3v) is 6.09. The van der Waals surface area contributed by atoms with Crippen molar-refractivity contribution >= 4 is 24.2 Å². The van der Waals surface area contributed by atoms with Crippen LogP contribution in [-0.4, -0.2) is 53.7 Å². The van der Waals surface area contributed by atoms with Crippen LogP contribution in [0.2, 0.25) is 5.28 Å². The van der Waals surface area contributed by atoms with E-state index in [0.29, 0.717) is 18.9 Å². The van der Waals surface area contributed by atoms with Crippen LogP contribution in [0.15, 0.2) is 54.4 Å². The molecule has 0 fully saturated rings. The van der Waals surface area contributed by atoms with Gasteiger partial charge in [0.25, 0.3) is 6.43 Å². The van der Waals surface area contributed by atoms with Gasteiger partial charge in [0.15, 0.2) is 0 Å². The van der Waals surface area contributed by atoms with Crippen molar-refractivity contribution in [3.05, 3.63) is 87.9 Å². The van der Waals surface area contributed by atoms with Crippen molar-refractivity contribution in [3.8, 4) is 0 Å². The van der Waals surface area contributed by atoms with Crippen LogP contribution in [0.25, 0.3) is 0 Å². The van der Waals surface area contributed by atoms with Crippen molar-refractivity contribution in [2.75, 3.05) is 32.5 Å². The third kappa shape index (κ3) is 7.56. The zero-order valence-corrected chi connectivity index (χ0v) is 22.0. The summed E-state index contributed by atoms with van der Waals surface area (Å²) in [6.45, 7) is 10.5. The van der Waals surface area contributed by atoms with Crippen LogP contribution >= 0.6 is 11.6 Å². The summed E-state index contributed by atoms with van der Waals surface area (Å²) in [4.78, 5) is 21.0. The fraction of sp³-hybridized carbons (Fsp3) is 0.346. The number of nitrogens with zero attached hydrogens (tertiary/aromatic N) is 4. The van der Waals surface area contributed by atoms with E-state index in [0.717, 1.165) is 41.8 Å². The van der Waals surface area contributed by atoms with E-state index >= 15 is 0 Å². The standard InChI is InChI=1S/C25H30ClF3N6.CH2O/c1-5-6-10-21(16(2)34(4)12-11-30-3)35-14-19-20(15-35)32-25(26)33-24(19)31-13-17-8-7-9-18(22(17)27)23(28)29;1-2/h5-10,23,30H,1,11-15H2,2-4H3,(H,31,32,33);1H2/b10-6-,21-16-;. The van der Waals surface area contributed by atoms with Gasteiger partial charge in [0.05, 0.1) is 23.5 Å². The van der Waals surface area contributed by atoms with Crippen molar-refractivity contribution in [3.63, 3.8) is 0 Å². The van der Waals surface area contributed by atoms with Crippen LogP contribution in [0.1, 0.15) is 35.7 Å². The van der Waals surface area contributed by atoms with Crippen molar-refractivity contribution in [2.45, 2.75) is 33.0 Å². The second kappa shape index (κ2) is 14.4. The van der Waals surface area contributed by atoms with Crippen LogP contribution in [-0.2, 0) is 24.4 Å². The Bertz CT molecular complexity index is 1140. The number of benzene rings is 1. The SMILES string of the molecule is C=C/C=C\C(=C(/C)N(C)CCNC)N1Cc2nc(Cl)nc(NCc3cccc(C(F)F)c3F)c2C1.C=O. The first-order valence-electron chi connectivity index (χ1n) is 11.5. The van der Waals surface area contributed by atoms with Crippen molar-refractivity contribution in [1.29, 1.82) is 0 Å². The minimum absolute atomic E-state index is 0.0168. The van der Waals surface area contributed by atoms with Gasteiger partial charge in [-0.25, -0.2) is 23.1 Å². The molecule has 1 aliphatic heterocycles. The van der Waals surface area contributed by atoms with Crippen LogP contribution in [0, 0.1) is 5.82 Å². The van der Waals surface area contributed by atoms with Gasteiger partial charge in [0, 0.05) is 50.1 Å². The van der Waals surface area contributed by atoms with Crippen LogP contribution in [0.3, 0.4) is 0 Å². The van der Waals surface area contributed by atoms with E-state index in [4.69, 9.17) is 16.4 Å². The second-order valence-electron chi connectivity index (χ2n) is 8.19. The van der Waals surface area contributed by atoms with Gasteiger partial charge in [-0.15, -0.1) is 0 Å². The highest BCUT2D eigenvalue weighted by atomic mass is 35.5. The molecule has 0 saturated heterocycles. The summed E-state index contributed by atoms with van der Waals surface area (Å²) in [6, 6.07) is 3.97. The number of aromatic nitrogens is 2. The van der Waals surface area contributed by atoms with Crippen molar-refractivity contribution in [1.82, 2.24) is 25.1 Å². The highest BCUT2D eigenvalue weighted by molar-refractivity contribution is 6.28. The third-order valence-electron chi connectivity index (χ3n) is 5.92. The maximum Gasteiger partial charge on any atom is 0.266 e. The Kier molecular flexibility index (Phi) is 11.6. The summed E-state index contributed by atoms with van der Waals surface area (Å²) in [5.74, 6) is -0.467. The van der Waals surface area contributed by atoms with Crippen molar-refractivity contribution in [2.24, 2.45) is 0 Å². The maximum absolute atomic E-state index is 14.5. The lowest BCUT2D eigenvalue weighted by molar-refractivity contribution is -0.0980. The molecule has 1 aliphatic rings. The molecule has 0 amide bonds. The quantitative estimate of drug-likeness (QED) is 0.307. The molecule has 0 atom stereocenters. The molecule has 2 heterocycles. The summed E-state index contributed by atoms with van der Waals surface area (Å²) in [5.41, 5.74) is 3.16. The Labute approximate surface area is 220 Å². The molecule has 200 valence electrons. The number of carbonyl (C=O) groups is 1. The number of allylic oxidation sites excluding steroid dienone is 4. The predicted molar refractivity (Wildman–Crippen MR) is 141 cm³/mol. The minimum atomic E-state index is -2.88. The summed E-state index contributed by atoms with van der Waals surface area (Å²) in [5, 5.41) is 6.29. The molecule has 0 saturated carbocycles. The first kappa shape index (κ1) is 29.9. The van der Waals surface area contributed by atoms with E-state index in [9.17, 15) is 13.2 Å². The Balaban J connectivity index is 0.00000235. The molecule has 1 aromatic carbocycles. The molecule has 37 heavy (non-hydrogen) atoms. The number of rotatable bonds is 11. The monoisotopic (exact) mass is 536 g/mol. The largest absolute Gasteiger partial charge is 0.375 e. The number of nitrogens with one attached hydrogen (secondary N) is 2. The lowest BCUT2D eigenvalue weighted by atomic mass is 10.1. The Morgan fingerprint density at radius 1 is 1.30 bits per heavy atom. The summed E-state index contributed by atoms with van der Waals surface area (Å²) in [7, 11) is 3.94. The number of likely N-dealkylation sites (N-methyl/N-ethyl adjacent to an activating group) is 2. The fourth-order valence-electron chi connectivity index (χ4n) is 3.88. The molecule has 0 bridgehead atoms. The molecule has 0 spiro atoms. The van der Waals surface area contributed by atoms with E-state index in [1.54, 1.807) is 6.08 Å². The molecular weight excluding hydrogens is 505 g/mol. The Morgan fingerprint density at radius 2 is 2.03 bits per heavy atom. The molecule has 1 aromatic heterocycles. The molecule has 2 aromatic rings. The second-order valence-corrected chi connectivity index (χ2v) is 8.53. The number of carbonyl (C=O) groups excluding carboxylic acids is 1. The van der Waals surface area contributed by atoms with Gasteiger partial charge in [-0.1, -0.05) is 36.9 Å². The zero-order chi connectivity index (χ0) is 27.5. The molecule has 0 radical (unpaired) electrons. The van der Waals surface area contributed by atoms with E-state index in [1.807, 2.05) is 33.0 Å². The number of hydrogen-bond acceptors (Lipinski definition) is 7. The molecule has 2 N–H and O–H groups in total. The number of anilines is 1. The summed E-state index contributed by atoms with van der Waals surface area (Å²) < 4.78 is 40.7. The van der Waals surface area contributed by atoms with Crippen LogP contribution in [0.4, 0.5) is 19.0 Å². The van der Waals surface area contributed by atoms with Gasteiger partial charge in [0.1, 0.15) is 18.4 Å². The van der Waals surface area contributed by atoms with Crippen LogP contribution < -0.4 is 10.6 Å². The zero-order valence-electron chi connectivity index (χ0n) is 21.2. The van der Waals surface area contributed by atoms with E-state index < -0.39 is 17.8 Å². The van der Waals surface area contributed by atoms with Crippen LogP contribution in [0.5, 0.6) is 0 Å². The smallest absolute Gasteiger partial charge is 0.266 e. The lowest BCUT2D eigenvalue weighted by Gasteiger charge is -2.27. The summed E-state index contributed by atoms with van der Waals surface area (Å²) in [6.07, 6.45) is 2.71. The number of fused-ring (bicyclic) bond motifs is 1. The van der Waals surface area contributed by atoms with Gasteiger partial charge in [-0.05, 0) is 31.6 Å². The lowest BCUT2D eigenvalue weighted by Crippen LogP contribution is -2.29. The first-order chi connectivity index (χ1) is 17.8. The highest BCUT2D eigenvalue weighted by Gasteiger charge is 2.27. The topological polar surface area (TPSA) is 73.4 Å². The minimum Gasteiger partial charge on any atom is -0.375 e. The molecule has 7 nitrogen and oxygen atoms in total. The molecular formula is C26H32ClF3N6O. The van der Waals surface area contributed by atoms with Gasteiger partial charge in [-0.2, -0.15) is 0 Å². The van der Waals surface area contributed by atoms with E-state index in [2.05, 4.69) is 43.9 Å². The normalized spacial score (nSPS) is 13.2. The van der Waals surface area contributed by atoms with Gasteiger partial charge >= 0.3 is 0 Å². The fourth-order valence-corrected chi connectivity index (χ4v) is 4.07. The van der Waals surface area contributed by atoms with Gasteiger partial charge in [0.2, 0.25) is 5.28 Å². The maximum atomic E-state index is 14.5. The average Bonchev–Trinajstić information content (AvgIpc) is 3.31. The Morgan fingerprint density at radius 3 is 2.68 bits per heavy atom. The first-order valence-corrected chi connectivity index (χ1v) is 11.9. The van der Waals surface area contributed by atoms with Gasteiger partial charge < -0.3 is 25.2 Å². The number of halogens is 4. The number of hydrogen-bond donors (Lipinski definition) is 2. The molecule has 3 rings (SSSR count). The predicted octanol–water partition coefficient (Wildman–Crippen LogP) is 5.07. The summed E-state index contributed by atoms with van der Waals surface area (Å²) >= 11 is 6.18. The number of alkyl halides is 2. The van der Waals surface area contributed by atoms with E-state index in [1.165, 1.54) is 12.1 Å². The molecule has 0 unspecified atom stereocenters. The van der Waals surface area contributed by atoms with E-state index in [-0.39, 0.29) is 17.4 Å². The average molecular weight is 537 g/mol. The molecule has 11 heteroatoms.